The van der Waals surface area contributed by atoms with Crippen LogP contribution < -0.4 is 10.6 Å². The van der Waals surface area contributed by atoms with Crippen molar-refractivity contribution in [1.29, 1.82) is 0 Å². The van der Waals surface area contributed by atoms with Gasteiger partial charge in [0.15, 0.2) is 5.65 Å². The molecule has 0 spiro atoms. The number of hydrogen-bond acceptors (Lipinski definition) is 4. The molecular weight excluding hydrogens is 313 g/mol. The van der Waals surface area contributed by atoms with Crippen LogP contribution in [0.15, 0.2) is 48.4 Å². The minimum absolute atomic E-state index is 0.105. The molecule has 8 heteroatoms. The van der Waals surface area contributed by atoms with Crippen molar-refractivity contribution >= 4 is 23.7 Å². The van der Waals surface area contributed by atoms with Crippen molar-refractivity contribution in [3.63, 3.8) is 0 Å². The highest BCUT2D eigenvalue weighted by Gasteiger charge is 2.23. The van der Waals surface area contributed by atoms with Gasteiger partial charge in [0.1, 0.15) is 11.5 Å². The number of urea groups is 1. The highest BCUT2D eigenvalue weighted by atomic mass is 19.1. The number of benzene rings is 1. The third-order valence-corrected chi connectivity index (χ3v) is 3.57. The summed E-state index contributed by atoms with van der Waals surface area (Å²) in [5.41, 5.74) is 1.89. The predicted molar refractivity (Wildman–Crippen MR) is 83.0 cm³/mol. The molecule has 0 saturated carbocycles. The van der Waals surface area contributed by atoms with E-state index in [4.69, 9.17) is 0 Å². The number of carbonyl (C=O) groups excluding carboxylic acids is 2. The third kappa shape index (κ3) is 2.30. The number of amides is 3. The summed E-state index contributed by atoms with van der Waals surface area (Å²) in [6.45, 7) is 0. The van der Waals surface area contributed by atoms with E-state index in [0.717, 1.165) is 0 Å². The Hall–Kier alpha value is -3.55. The summed E-state index contributed by atoms with van der Waals surface area (Å²) in [6, 6.07) is 7.39. The van der Waals surface area contributed by atoms with Gasteiger partial charge in [0, 0.05) is 17.3 Å². The van der Waals surface area contributed by atoms with E-state index in [1.807, 2.05) is 0 Å². The van der Waals surface area contributed by atoms with Crippen LogP contribution in [0.3, 0.4) is 0 Å². The fourth-order valence-corrected chi connectivity index (χ4v) is 2.45. The van der Waals surface area contributed by atoms with Crippen LogP contribution in [0.4, 0.5) is 9.18 Å². The van der Waals surface area contributed by atoms with Gasteiger partial charge in [0.05, 0.1) is 11.9 Å². The number of nitrogens with one attached hydrogen (secondary N) is 2. The van der Waals surface area contributed by atoms with E-state index in [1.165, 1.54) is 22.9 Å². The molecular formula is C16H10FN5O2. The maximum Gasteiger partial charge on any atom is 0.326 e. The van der Waals surface area contributed by atoms with E-state index in [-0.39, 0.29) is 11.5 Å². The van der Waals surface area contributed by atoms with Gasteiger partial charge in [-0.25, -0.2) is 18.7 Å². The van der Waals surface area contributed by atoms with Gasteiger partial charge < -0.3 is 5.32 Å². The molecule has 1 aromatic carbocycles. The first kappa shape index (κ1) is 14.1. The van der Waals surface area contributed by atoms with Gasteiger partial charge in [0.2, 0.25) is 0 Å². The molecule has 1 aliphatic heterocycles. The Morgan fingerprint density at radius 3 is 2.71 bits per heavy atom. The lowest BCUT2D eigenvalue weighted by molar-refractivity contribution is -0.115. The molecule has 4 rings (SSSR count). The average Bonchev–Trinajstić information content (AvgIpc) is 3.11. The quantitative estimate of drug-likeness (QED) is 0.555. The first-order chi connectivity index (χ1) is 11.6. The molecule has 3 heterocycles. The first-order valence-corrected chi connectivity index (χ1v) is 7.05. The molecule has 7 nitrogen and oxygen atoms in total. The van der Waals surface area contributed by atoms with Gasteiger partial charge in [-0.3, -0.25) is 10.1 Å². The molecule has 1 saturated heterocycles. The van der Waals surface area contributed by atoms with Crippen molar-refractivity contribution < 1.29 is 14.0 Å². The van der Waals surface area contributed by atoms with Crippen molar-refractivity contribution in [2.45, 2.75) is 0 Å². The van der Waals surface area contributed by atoms with Crippen LogP contribution in [-0.2, 0) is 4.79 Å². The SMILES string of the molecule is O=C1NC(=O)/C(=C/c2cnn3ccc(-c4ccccc4F)nc23)N1. The average molecular weight is 323 g/mol. The van der Waals surface area contributed by atoms with Crippen molar-refractivity contribution in [2.24, 2.45) is 0 Å². The lowest BCUT2D eigenvalue weighted by Crippen LogP contribution is -2.22. The number of halogens is 1. The van der Waals surface area contributed by atoms with Crippen LogP contribution in [0.1, 0.15) is 5.56 Å². The number of aromatic nitrogens is 3. The Balaban J connectivity index is 1.83. The zero-order valence-corrected chi connectivity index (χ0v) is 12.2. The molecule has 24 heavy (non-hydrogen) atoms. The summed E-state index contributed by atoms with van der Waals surface area (Å²) < 4.78 is 15.5. The summed E-state index contributed by atoms with van der Waals surface area (Å²) in [7, 11) is 0. The Kier molecular flexibility index (Phi) is 3.09. The third-order valence-electron chi connectivity index (χ3n) is 3.57. The fraction of sp³-hybridized carbons (Fsp3) is 0. The molecule has 3 aromatic rings. The summed E-state index contributed by atoms with van der Waals surface area (Å²) in [5.74, 6) is -0.902. The standard InChI is InChI=1S/C16H10FN5O2/c17-11-4-2-1-3-10(11)12-5-6-22-14(19-12)9(8-18-22)7-13-15(23)21-16(24)20-13/h1-8H,(H2,20,21,23,24)/b13-7-. The van der Waals surface area contributed by atoms with Crippen LogP contribution in [0.2, 0.25) is 0 Å². The Morgan fingerprint density at radius 1 is 1.12 bits per heavy atom. The molecule has 0 radical (unpaired) electrons. The number of hydrogen-bond donors (Lipinski definition) is 2. The Bertz CT molecular complexity index is 1020. The van der Waals surface area contributed by atoms with Crippen LogP contribution in [-0.4, -0.2) is 26.5 Å². The second kappa shape index (κ2) is 5.27. The van der Waals surface area contributed by atoms with Crippen molar-refractivity contribution in [1.82, 2.24) is 25.2 Å². The smallest absolute Gasteiger partial charge is 0.303 e. The monoisotopic (exact) mass is 323 g/mol. The van der Waals surface area contributed by atoms with Crippen LogP contribution in [0, 0.1) is 5.82 Å². The minimum atomic E-state index is -0.581. The first-order valence-electron chi connectivity index (χ1n) is 7.05. The lowest BCUT2D eigenvalue weighted by atomic mass is 10.1. The summed E-state index contributed by atoms with van der Waals surface area (Å²) in [6.07, 6.45) is 4.64. The van der Waals surface area contributed by atoms with Crippen molar-refractivity contribution in [2.75, 3.05) is 0 Å². The highest BCUT2D eigenvalue weighted by Crippen LogP contribution is 2.22. The molecule has 0 unspecified atom stereocenters. The molecule has 0 aliphatic carbocycles. The molecule has 118 valence electrons. The van der Waals surface area contributed by atoms with Gasteiger partial charge in [-0.2, -0.15) is 5.10 Å². The van der Waals surface area contributed by atoms with Crippen LogP contribution in [0.5, 0.6) is 0 Å². The molecule has 0 atom stereocenters. The van der Waals surface area contributed by atoms with Crippen LogP contribution >= 0.6 is 0 Å². The van der Waals surface area contributed by atoms with Crippen molar-refractivity contribution in [3.05, 3.63) is 59.8 Å². The maximum absolute atomic E-state index is 13.9. The van der Waals surface area contributed by atoms with Gasteiger partial charge >= 0.3 is 6.03 Å². The number of imide groups is 1. The maximum atomic E-state index is 13.9. The molecule has 3 amide bonds. The predicted octanol–water partition coefficient (Wildman–Crippen LogP) is 1.72. The largest absolute Gasteiger partial charge is 0.326 e. The van der Waals surface area contributed by atoms with Gasteiger partial charge in [0.25, 0.3) is 5.91 Å². The van der Waals surface area contributed by atoms with Gasteiger partial charge in [-0.15, -0.1) is 0 Å². The zero-order valence-electron chi connectivity index (χ0n) is 12.2. The van der Waals surface area contributed by atoms with Gasteiger partial charge in [-0.1, -0.05) is 12.1 Å². The second-order valence-corrected chi connectivity index (χ2v) is 5.13. The second-order valence-electron chi connectivity index (χ2n) is 5.13. The normalized spacial score (nSPS) is 15.8. The topological polar surface area (TPSA) is 88.4 Å². The van der Waals surface area contributed by atoms with E-state index < -0.39 is 11.9 Å². The molecule has 2 aromatic heterocycles. The van der Waals surface area contributed by atoms with E-state index in [9.17, 15) is 14.0 Å². The van der Waals surface area contributed by atoms with E-state index in [1.54, 1.807) is 30.5 Å². The summed E-state index contributed by atoms with van der Waals surface area (Å²) in [4.78, 5) is 27.2. The van der Waals surface area contributed by atoms with E-state index >= 15 is 0 Å². The Labute approximate surface area is 134 Å². The molecule has 2 N–H and O–H groups in total. The zero-order chi connectivity index (χ0) is 16.7. The number of fused-ring (bicyclic) bond motifs is 1. The van der Waals surface area contributed by atoms with E-state index in [2.05, 4.69) is 20.7 Å². The summed E-state index contributed by atoms with van der Waals surface area (Å²) in [5, 5.41) is 8.65. The fourth-order valence-electron chi connectivity index (χ4n) is 2.45. The number of nitrogens with zero attached hydrogens (tertiary/aromatic N) is 3. The molecule has 0 bridgehead atoms. The highest BCUT2D eigenvalue weighted by molar-refractivity contribution is 6.14. The summed E-state index contributed by atoms with van der Waals surface area (Å²) >= 11 is 0. The number of rotatable bonds is 2. The Morgan fingerprint density at radius 2 is 1.96 bits per heavy atom. The van der Waals surface area contributed by atoms with E-state index in [0.29, 0.717) is 22.5 Å². The minimum Gasteiger partial charge on any atom is -0.303 e. The molecule has 1 fully saturated rings. The van der Waals surface area contributed by atoms with Gasteiger partial charge in [-0.05, 0) is 24.3 Å². The lowest BCUT2D eigenvalue weighted by Gasteiger charge is -2.03. The van der Waals surface area contributed by atoms with Crippen molar-refractivity contribution in [3.8, 4) is 11.3 Å². The number of carbonyl (C=O) groups is 2. The molecule has 1 aliphatic rings. The van der Waals surface area contributed by atoms with Crippen LogP contribution in [0.25, 0.3) is 23.0 Å².